The average Bonchev–Trinajstić information content (AvgIpc) is 2.41. The summed E-state index contributed by atoms with van der Waals surface area (Å²) >= 11 is 0. The molecule has 0 aliphatic heterocycles. The van der Waals surface area contributed by atoms with Gasteiger partial charge in [-0.25, -0.2) is 8.42 Å². The van der Waals surface area contributed by atoms with E-state index in [1.165, 1.54) is 6.26 Å². The van der Waals surface area contributed by atoms with Crippen molar-refractivity contribution in [3.63, 3.8) is 0 Å². The van der Waals surface area contributed by atoms with E-state index in [4.69, 9.17) is 4.74 Å². The maximum Gasteiger partial charge on any atom is 0.323 e. The van der Waals surface area contributed by atoms with E-state index in [1.54, 1.807) is 20.9 Å². The van der Waals surface area contributed by atoms with Gasteiger partial charge in [-0.2, -0.15) is 15.0 Å². The van der Waals surface area contributed by atoms with Gasteiger partial charge in [0.15, 0.2) is 9.84 Å². The topological polar surface area (TPSA) is 106 Å². The van der Waals surface area contributed by atoms with E-state index in [9.17, 15) is 8.42 Å². The van der Waals surface area contributed by atoms with Crippen molar-refractivity contribution < 1.29 is 13.2 Å². The Morgan fingerprint density at radius 2 is 1.81 bits per heavy atom. The number of nitrogens with one attached hydrogen (secondary N) is 2. The van der Waals surface area contributed by atoms with Gasteiger partial charge in [0.2, 0.25) is 11.9 Å². The highest BCUT2D eigenvalue weighted by molar-refractivity contribution is 7.92. The highest BCUT2D eigenvalue weighted by Gasteiger charge is 2.30. The zero-order valence-electron chi connectivity index (χ0n) is 13.1. The quantitative estimate of drug-likeness (QED) is 0.729. The molecule has 0 spiro atoms. The Labute approximate surface area is 125 Å². The van der Waals surface area contributed by atoms with Crippen LogP contribution in [0.5, 0.6) is 6.01 Å². The smallest absolute Gasteiger partial charge is 0.323 e. The van der Waals surface area contributed by atoms with Crippen LogP contribution in [0, 0.1) is 0 Å². The van der Waals surface area contributed by atoms with Crippen LogP contribution >= 0.6 is 0 Å². The molecule has 0 unspecified atom stereocenters. The summed E-state index contributed by atoms with van der Waals surface area (Å²) in [6.07, 6.45) is 2.04. The molecule has 0 amide bonds. The molecule has 0 aromatic carbocycles. The Morgan fingerprint density at radius 3 is 2.33 bits per heavy atom. The van der Waals surface area contributed by atoms with Crippen LogP contribution in [0.2, 0.25) is 0 Å². The first-order valence-electron chi connectivity index (χ1n) is 6.69. The second-order valence-electron chi connectivity index (χ2n) is 5.25. The molecule has 0 aliphatic carbocycles. The van der Waals surface area contributed by atoms with Crippen molar-refractivity contribution in [3.8, 4) is 6.01 Å². The van der Waals surface area contributed by atoms with Crippen LogP contribution in [0.1, 0.15) is 27.2 Å². The van der Waals surface area contributed by atoms with Gasteiger partial charge in [0, 0.05) is 19.8 Å². The van der Waals surface area contributed by atoms with Crippen LogP contribution in [0.25, 0.3) is 0 Å². The van der Waals surface area contributed by atoms with Gasteiger partial charge in [-0.3, -0.25) is 0 Å². The Kier molecular flexibility index (Phi) is 5.70. The lowest BCUT2D eigenvalue weighted by Crippen LogP contribution is -2.38. The number of rotatable bonds is 8. The SMILES string of the molecule is CCCOc1nc(NC)nc(NCC(C)(C)S(C)(=O)=O)n1. The molecule has 0 bridgehead atoms. The van der Waals surface area contributed by atoms with Crippen LogP contribution in [-0.2, 0) is 9.84 Å². The molecular formula is C12H23N5O3S. The number of nitrogens with zero attached hydrogens (tertiary/aromatic N) is 3. The van der Waals surface area contributed by atoms with Crippen molar-refractivity contribution >= 4 is 21.7 Å². The number of anilines is 2. The third kappa shape index (κ3) is 5.00. The standard InChI is InChI=1S/C12H23N5O3S/c1-6-7-20-11-16-9(13-4)15-10(17-11)14-8-12(2,3)21(5,18)19/h6-8H2,1-5H3,(H2,13,14,15,16,17). The lowest BCUT2D eigenvalue weighted by atomic mass is 10.2. The van der Waals surface area contributed by atoms with Gasteiger partial charge >= 0.3 is 6.01 Å². The molecule has 2 N–H and O–H groups in total. The number of hydrogen-bond acceptors (Lipinski definition) is 8. The van der Waals surface area contributed by atoms with E-state index in [-0.39, 0.29) is 18.5 Å². The summed E-state index contributed by atoms with van der Waals surface area (Å²) in [5.74, 6) is 0.632. The van der Waals surface area contributed by atoms with Crippen molar-refractivity contribution in [3.05, 3.63) is 0 Å². The third-order valence-corrected chi connectivity index (χ3v) is 5.10. The third-order valence-electron chi connectivity index (χ3n) is 2.95. The lowest BCUT2D eigenvalue weighted by molar-refractivity contribution is 0.292. The normalized spacial score (nSPS) is 12.0. The molecule has 0 atom stereocenters. The van der Waals surface area contributed by atoms with Crippen LogP contribution < -0.4 is 15.4 Å². The predicted molar refractivity (Wildman–Crippen MR) is 82.6 cm³/mol. The Balaban J connectivity index is 2.87. The molecule has 8 nitrogen and oxygen atoms in total. The van der Waals surface area contributed by atoms with Crippen molar-refractivity contribution in [2.24, 2.45) is 0 Å². The molecule has 0 aliphatic rings. The summed E-state index contributed by atoms with van der Waals surface area (Å²) in [6, 6.07) is 0.205. The summed E-state index contributed by atoms with van der Waals surface area (Å²) < 4.78 is 27.8. The van der Waals surface area contributed by atoms with Crippen LogP contribution in [0.4, 0.5) is 11.9 Å². The molecule has 0 fully saturated rings. The number of sulfone groups is 1. The largest absolute Gasteiger partial charge is 0.463 e. The minimum Gasteiger partial charge on any atom is -0.463 e. The van der Waals surface area contributed by atoms with Gasteiger partial charge in [0.25, 0.3) is 0 Å². The van der Waals surface area contributed by atoms with Crippen LogP contribution in [0.15, 0.2) is 0 Å². The Morgan fingerprint density at radius 1 is 1.19 bits per heavy atom. The zero-order valence-corrected chi connectivity index (χ0v) is 13.9. The van der Waals surface area contributed by atoms with E-state index in [2.05, 4.69) is 25.6 Å². The second kappa shape index (κ2) is 6.88. The molecule has 21 heavy (non-hydrogen) atoms. The minimum absolute atomic E-state index is 0.187. The molecule has 1 rings (SSSR count). The Hall–Kier alpha value is -1.64. The molecule has 1 aromatic heterocycles. The van der Waals surface area contributed by atoms with Crippen molar-refractivity contribution in [1.82, 2.24) is 15.0 Å². The lowest BCUT2D eigenvalue weighted by Gasteiger charge is -2.22. The second-order valence-corrected chi connectivity index (χ2v) is 7.90. The summed E-state index contributed by atoms with van der Waals surface area (Å²) in [4.78, 5) is 12.3. The minimum atomic E-state index is -3.19. The first-order valence-corrected chi connectivity index (χ1v) is 8.59. The van der Waals surface area contributed by atoms with E-state index in [0.29, 0.717) is 12.6 Å². The molecule has 0 radical (unpaired) electrons. The van der Waals surface area contributed by atoms with Gasteiger partial charge in [-0.05, 0) is 20.3 Å². The monoisotopic (exact) mass is 317 g/mol. The fourth-order valence-electron chi connectivity index (χ4n) is 1.23. The Bertz CT molecular complexity index is 574. The highest BCUT2D eigenvalue weighted by atomic mass is 32.2. The van der Waals surface area contributed by atoms with Crippen LogP contribution in [-0.4, -0.2) is 54.6 Å². The summed E-state index contributed by atoms with van der Waals surface area (Å²) in [6.45, 7) is 5.95. The van der Waals surface area contributed by atoms with Gasteiger partial charge in [-0.15, -0.1) is 0 Å². The number of aromatic nitrogens is 3. The molecule has 0 saturated carbocycles. The maximum absolute atomic E-state index is 11.7. The maximum atomic E-state index is 11.7. The van der Waals surface area contributed by atoms with E-state index >= 15 is 0 Å². The summed E-state index contributed by atoms with van der Waals surface area (Å²) in [5.41, 5.74) is 0. The van der Waals surface area contributed by atoms with Crippen molar-refractivity contribution in [2.45, 2.75) is 31.9 Å². The number of hydrogen-bond donors (Lipinski definition) is 2. The summed E-state index contributed by atoms with van der Waals surface area (Å²) in [5, 5.41) is 5.73. The van der Waals surface area contributed by atoms with Crippen molar-refractivity contribution in [2.75, 3.05) is 37.1 Å². The first-order chi connectivity index (χ1) is 9.69. The van der Waals surface area contributed by atoms with E-state index in [1.807, 2.05) is 6.92 Å². The molecular weight excluding hydrogens is 294 g/mol. The molecule has 9 heteroatoms. The van der Waals surface area contributed by atoms with Crippen LogP contribution in [0.3, 0.4) is 0 Å². The van der Waals surface area contributed by atoms with E-state index < -0.39 is 14.6 Å². The predicted octanol–water partition coefficient (Wildman–Crippen LogP) is 0.937. The molecule has 1 heterocycles. The van der Waals surface area contributed by atoms with Gasteiger partial charge in [-0.1, -0.05) is 6.92 Å². The zero-order chi connectivity index (χ0) is 16.1. The van der Waals surface area contributed by atoms with Gasteiger partial charge in [0.05, 0.1) is 11.4 Å². The molecule has 1 aromatic rings. The molecule has 0 saturated heterocycles. The highest BCUT2D eigenvalue weighted by Crippen LogP contribution is 2.17. The van der Waals surface area contributed by atoms with Gasteiger partial charge < -0.3 is 15.4 Å². The fourth-order valence-corrected chi connectivity index (χ4v) is 1.56. The number of ether oxygens (including phenoxy) is 1. The van der Waals surface area contributed by atoms with Gasteiger partial charge in [0.1, 0.15) is 0 Å². The molecule has 120 valence electrons. The summed E-state index contributed by atoms with van der Waals surface area (Å²) in [7, 11) is -1.51. The first kappa shape index (κ1) is 17.4. The van der Waals surface area contributed by atoms with E-state index in [0.717, 1.165) is 6.42 Å². The average molecular weight is 317 g/mol. The van der Waals surface area contributed by atoms with Crippen molar-refractivity contribution in [1.29, 1.82) is 0 Å². The fraction of sp³-hybridized carbons (Fsp3) is 0.750.